The van der Waals surface area contributed by atoms with E-state index in [1.165, 1.54) is 29.5 Å². The first-order valence-electron chi connectivity index (χ1n) is 5.44. The lowest BCUT2D eigenvalue weighted by Crippen LogP contribution is -1.81. The third-order valence-corrected chi connectivity index (χ3v) is 3.48. The first kappa shape index (κ1) is 12.0. The van der Waals surface area contributed by atoms with Crippen LogP contribution in [0.4, 0.5) is 4.39 Å². The van der Waals surface area contributed by atoms with E-state index in [0.717, 1.165) is 16.2 Å². The summed E-state index contributed by atoms with van der Waals surface area (Å²) in [6.45, 7) is 2.11. The van der Waals surface area contributed by atoms with Crippen LogP contribution in [-0.2, 0) is 6.42 Å². The average Bonchev–Trinajstić information content (AvgIpc) is 2.35. The number of aromatic hydroxyl groups is 1. The molecule has 2 rings (SSSR count). The molecule has 17 heavy (non-hydrogen) atoms. The highest BCUT2D eigenvalue weighted by Crippen LogP contribution is 2.30. The minimum absolute atomic E-state index is 0.310. The summed E-state index contributed by atoms with van der Waals surface area (Å²) in [5.41, 5.74) is 1.28. The van der Waals surface area contributed by atoms with Gasteiger partial charge in [-0.2, -0.15) is 0 Å². The molecule has 1 N–H and O–H groups in total. The van der Waals surface area contributed by atoms with Gasteiger partial charge >= 0.3 is 0 Å². The van der Waals surface area contributed by atoms with Crippen LogP contribution in [0.5, 0.6) is 5.75 Å². The van der Waals surface area contributed by atoms with Gasteiger partial charge < -0.3 is 5.11 Å². The van der Waals surface area contributed by atoms with Crippen LogP contribution in [0.1, 0.15) is 12.5 Å². The normalized spacial score (nSPS) is 10.5. The number of halogens is 1. The molecule has 3 heteroatoms. The Kier molecular flexibility index (Phi) is 3.69. The number of rotatable bonds is 3. The van der Waals surface area contributed by atoms with Crippen molar-refractivity contribution >= 4 is 11.8 Å². The van der Waals surface area contributed by atoms with Gasteiger partial charge in [-0.1, -0.05) is 30.8 Å². The van der Waals surface area contributed by atoms with Crippen LogP contribution < -0.4 is 0 Å². The molecule has 0 unspecified atom stereocenters. The molecule has 0 saturated carbocycles. The summed E-state index contributed by atoms with van der Waals surface area (Å²) in [5, 5.41) is 9.09. The van der Waals surface area contributed by atoms with Gasteiger partial charge in [0.1, 0.15) is 0 Å². The lowest BCUT2D eigenvalue weighted by Gasteiger charge is -2.04. The van der Waals surface area contributed by atoms with Crippen LogP contribution in [0, 0.1) is 5.82 Å². The lowest BCUT2D eigenvalue weighted by atomic mass is 10.2. The molecule has 0 fully saturated rings. The van der Waals surface area contributed by atoms with E-state index < -0.39 is 5.82 Å². The van der Waals surface area contributed by atoms with Crippen LogP contribution in [-0.4, -0.2) is 5.11 Å². The van der Waals surface area contributed by atoms with Gasteiger partial charge in [0, 0.05) is 9.79 Å². The maximum atomic E-state index is 13.1. The summed E-state index contributed by atoms with van der Waals surface area (Å²) >= 11 is 1.48. The van der Waals surface area contributed by atoms with Crippen molar-refractivity contribution in [2.75, 3.05) is 0 Å². The highest BCUT2D eigenvalue weighted by Gasteiger charge is 2.03. The maximum Gasteiger partial charge on any atom is 0.165 e. The van der Waals surface area contributed by atoms with Crippen molar-refractivity contribution in [3.63, 3.8) is 0 Å². The SMILES string of the molecule is CCc1ccc(Sc2ccc(O)c(F)c2)cc1. The zero-order valence-corrected chi connectivity index (χ0v) is 10.3. The second-order valence-electron chi connectivity index (χ2n) is 3.71. The number of phenolic OH excluding ortho intramolecular Hbond substituents is 1. The molecule has 0 bridgehead atoms. The number of aryl methyl sites for hydroxylation is 1. The largest absolute Gasteiger partial charge is 0.505 e. The van der Waals surface area contributed by atoms with Gasteiger partial charge in [-0.25, -0.2) is 4.39 Å². The quantitative estimate of drug-likeness (QED) is 0.876. The van der Waals surface area contributed by atoms with Crippen molar-refractivity contribution in [2.24, 2.45) is 0 Å². The molecule has 0 aliphatic heterocycles. The van der Waals surface area contributed by atoms with E-state index in [4.69, 9.17) is 5.11 Å². The molecule has 2 aromatic carbocycles. The van der Waals surface area contributed by atoms with Gasteiger partial charge in [0.25, 0.3) is 0 Å². The number of phenols is 1. The fourth-order valence-corrected chi connectivity index (χ4v) is 2.32. The van der Waals surface area contributed by atoms with Gasteiger partial charge in [0.15, 0.2) is 11.6 Å². The Morgan fingerprint density at radius 3 is 2.29 bits per heavy atom. The van der Waals surface area contributed by atoms with E-state index in [-0.39, 0.29) is 5.75 Å². The molecule has 0 amide bonds. The highest BCUT2D eigenvalue weighted by atomic mass is 32.2. The van der Waals surface area contributed by atoms with E-state index in [2.05, 4.69) is 19.1 Å². The molecule has 0 radical (unpaired) electrons. The second kappa shape index (κ2) is 5.23. The molecule has 0 saturated heterocycles. The number of hydrogen-bond donors (Lipinski definition) is 1. The molecule has 0 aliphatic rings. The molecule has 0 aliphatic carbocycles. The van der Waals surface area contributed by atoms with E-state index >= 15 is 0 Å². The van der Waals surface area contributed by atoms with E-state index in [1.807, 2.05) is 12.1 Å². The smallest absolute Gasteiger partial charge is 0.165 e. The molecule has 2 aromatic rings. The van der Waals surface area contributed by atoms with Crippen molar-refractivity contribution < 1.29 is 9.50 Å². The van der Waals surface area contributed by atoms with Gasteiger partial charge in [0.05, 0.1) is 0 Å². The van der Waals surface area contributed by atoms with Gasteiger partial charge in [0.2, 0.25) is 0 Å². The standard InChI is InChI=1S/C14H13FOS/c1-2-10-3-5-11(6-4-10)17-12-7-8-14(16)13(15)9-12/h3-9,16H,2H2,1H3. The minimum Gasteiger partial charge on any atom is -0.505 e. The van der Waals surface area contributed by atoms with Gasteiger partial charge in [-0.3, -0.25) is 0 Å². The van der Waals surface area contributed by atoms with Crippen LogP contribution in [0.3, 0.4) is 0 Å². The van der Waals surface area contributed by atoms with Gasteiger partial charge in [-0.05, 0) is 42.3 Å². The Labute approximate surface area is 104 Å². The molecule has 1 nitrogen and oxygen atoms in total. The second-order valence-corrected chi connectivity index (χ2v) is 4.86. The molecule has 0 atom stereocenters. The van der Waals surface area contributed by atoms with E-state index in [0.29, 0.717) is 0 Å². The van der Waals surface area contributed by atoms with Crippen molar-refractivity contribution in [1.82, 2.24) is 0 Å². The Bertz CT molecular complexity index is 508. The minimum atomic E-state index is -0.583. The van der Waals surface area contributed by atoms with E-state index in [9.17, 15) is 4.39 Å². The summed E-state index contributed by atoms with van der Waals surface area (Å²) in [6.07, 6.45) is 1.01. The first-order valence-corrected chi connectivity index (χ1v) is 6.26. The summed E-state index contributed by atoms with van der Waals surface area (Å²) < 4.78 is 13.1. The third-order valence-electron chi connectivity index (χ3n) is 2.49. The zero-order chi connectivity index (χ0) is 12.3. The molecular weight excluding hydrogens is 235 g/mol. The average molecular weight is 248 g/mol. The van der Waals surface area contributed by atoms with Crippen molar-refractivity contribution in [2.45, 2.75) is 23.1 Å². The Balaban J connectivity index is 2.16. The van der Waals surface area contributed by atoms with Crippen LogP contribution in [0.25, 0.3) is 0 Å². The Hall–Kier alpha value is -1.48. The Morgan fingerprint density at radius 2 is 1.71 bits per heavy atom. The predicted molar refractivity (Wildman–Crippen MR) is 68.0 cm³/mol. The topological polar surface area (TPSA) is 20.2 Å². The summed E-state index contributed by atoms with van der Waals surface area (Å²) in [7, 11) is 0. The number of hydrogen-bond acceptors (Lipinski definition) is 2. The molecular formula is C14H13FOS. The van der Waals surface area contributed by atoms with Crippen molar-refractivity contribution in [3.05, 3.63) is 53.8 Å². The third kappa shape index (κ3) is 3.01. The first-order chi connectivity index (χ1) is 8.19. The highest BCUT2D eigenvalue weighted by molar-refractivity contribution is 7.99. The number of benzene rings is 2. The monoisotopic (exact) mass is 248 g/mol. The molecule has 88 valence electrons. The molecule has 0 spiro atoms. The molecule has 0 aromatic heterocycles. The fourth-order valence-electron chi connectivity index (χ4n) is 1.48. The summed E-state index contributed by atoms with van der Waals surface area (Å²) in [6, 6.07) is 12.6. The van der Waals surface area contributed by atoms with Crippen LogP contribution >= 0.6 is 11.8 Å². The van der Waals surface area contributed by atoms with Crippen LogP contribution in [0.15, 0.2) is 52.3 Å². The summed E-state index contributed by atoms with van der Waals surface area (Å²) in [4.78, 5) is 1.84. The zero-order valence-electron chi connectivity index (χ0n) is 9.48. The fraction of sp³-hybridized carbons (Fsp3) is 0.143. The predicted octanol–water partition coefficient (Wildman–Crippen LogP) is 4.24. The summed E-state index contributed by atoms with van der Waals surface area (Å²) in [5.74, 6) is -0.893. The lowest BCUT2D eigenvalue weighted by molar-refractivity contribution is 0.431. The van der Waals surface area contributed by atoms with E-state index in [1.54, 1.807) is 6.07 Å². The van der Waals surface area contributed by atoms with Crippen molar-refractivity contribution in [1.29, 1.82) is 0 Å². The van der Waals surface area contributed by atoms with Crippen LogP contribution in [0.2, 0.25) is 0 Å². The maximum absolute atomic E-state index is 13.1. The van der Waals surface area contributed by atoms with Crippen molar-refractivity contribution in [3.8, 4) is 5.75 Å². The Morgan fingerprint density at radius 1 is 1.06 bits per heavy atom. The van der Waals surface area contributed by atoms with Gasteiger partial charge in [-0.15, -0.1) is 0 Å². The molecule has 0 heterocycles.